The number of amides is 2. The van der Waals surface area contributed by atoms with Crippen molar-refractivity contribution in [2.24, 2.45) is 0 Å². The first kappa shape index (κ1) is 27.8. The summed E-state index contributed by atoms with van der Waals surface area (Å²) in [6.45, 7) is 2.82. The molecular weight excluding hydrogens is 495 g/mol. The van der Waals surface area contributed by atoms with Crippen molar-refractivity contribution in [2.75, 3.05) is 12.3 Å². The molecule has 0 aliphatic rings. The summed E-state index contributed by atoms with van der Waals surface area (Å²) in [5.41, 5.74) is 2.28. The molecule has 3 aromatic rings. The monoisotopic (exact) mass is 526 g/mol. The summed E-state index contributed by atoms with van der Waals surface area (Å²) in [5, 5.41) is 3.55. The van der Waals surface area contributed by atoms with Crippen LogP contribution in [-0.4, -0.2) is 35.1 Å². The fourth-order valence-corrected chi connectivity index (χ4v) is 4.91. The summed E-state index contributed by atoms with van der Waals surface area (Å²) in [7, 11) is 0. The number of nitrogens with zero attached hydrogens (tertiary/aromatic N) is 1. The number of benzene rings is 3. The van der Waals surface area contributed by atoms with Gasteiger partial charge in [0.05, 0.1) is 5.75 Å². The minimum Gasteiger partial charge on any atom is -0.354 e. The highest BCUT2D eigenvalue weighted by Gasteiger charge is 2.30. The molecule has 0 aliphatic carbocycles. The van der Waals surface area contributed by atoms with Crippen LogP contribution >= 0.6 is 23.4 Å². The number of carbonyl (C=O) groups is 2. The average Bonchev–Trinajstić information content (AvgIpc) is 2.89. The van der Waals surface area contributed by atoms with Crippen molar-refractivity contribution < 1.29 is 14.0 Å². The van der Waals surface area contributed by atoms with Crippen molar-refractivity contribution in [3.63, 3.8) is 0 Å². The summed E-state index contributed by atoms with van der Waals surface area (Å²) in [5.74, 6) is -0.186. The lowest BCUT2D eigenvalue weighted by Crippen LogP contribution is -2.51. The van der Waals surface area contributed by atoms with Crippen molar-refractivity contribution in [3.05, 3.63) is 106 Å². The molecule has 0 saturated carbocycles. The predicted molar refractivity (Wildman–Crippen MR) is 146 cm³/mol. The van der Waals surface area contributed by atoms with E-state index in [9.17, 15) is 14.0 Å². The highest BCUT2D eigenvalue weighted by molar-refractivity contribution is 7.99. The van der Waals surface area contributed by atoms with Gasteiger partial charge in [-0.2, -0.15) is 0 Å². The predicted octanol–water partition coefficient (Wildman–Crippen LogP) is 6.27. The summed E-state index contributed by atoms with van der Waals surface area (Å²) in [6, 6.07) is 22.9. The Morgan fingerprint density at radius 2 is 1.64 bits per heavy atom. The lowest BCUT2D eigenvalue weighted by molar-refractivity contribution is -0.139. The van der Waals surface area contributed by atoms with E-state index in [0.29, 0.717) is 29.3 Å². The molecule has 190 valence electrons. The van der Waals surface area contributed by atoms with E-state index in [4.69, 9.17) is 11.6 Å². The molecule has 0 heterocycles. The second-order valence-corrected chi connectivity index (χ2v) is 9.94. The van der Waals surface area contributed by atoms with Crippen molar-refractivity contribution >= 4 is 35.2 Å². The van der Waals surface area contributed by atoms with Gasteiger partial charge in [-0.3, -0.25) is 9.59 Å². The normalized spacial score (nSPS) is 11.6. The average molecular weight is 527 g/mol. The number of hydrogen-bond donors (Lipinski definition) is 1. The minimum atomic E-state index is -0.706. The SMILES string of the molecule is CCCCNC(=O)C(Cc1ccccc1)N(Cc1ccccc1Cl)C(=O)CSCc1ccccc1F. The Morgan fingerprint density at radius 1 is 0.972 bits per heavy atom. The van der Waals surface area contributed by atoms with E-state index in [1.807, 2.05) is 48.5 Å². The Labute approximate surface area is 222 Å². The van der Waals surface area contributed by atoms with Gasteiger partial charge in [0.25, 0.3) is 0 Å². The number of unbranched alkanes of at least 4 members (excludes halogenated alkanes) is 1. The van der Waals surface area contributed by atoms with E-state index in [1.54, 1.807) is 29.2 Å². The lowest BCUT2D eigenvalue weighted by Gasteiger charge is -2.32. The Morgan fingerprint density at radius 3 is 2.33 bits per heavy atom. The fraction of sp³-hybridized carbons (Fsp3) is 0.310. The standard InChI is InChI=1S/C29H32ClFN2O2S/c1-2-3-17-32-29(35)27(18-22-11-5-4-6-12-22)33(19-23-13-7-9-15-25(23)30)28(34)21-36-20-24-14-8-10-16-26(24)31/h4-16,27H,2-3,17-21H2,1H3,(H,32,35). The number of thioether (sulfide) groups is 1. The second-order valence-electron chi connectivity index (χ2n) is 8.55. The van der Waals surface area contributed by atoms with Crippen LogP contribution in [0, 0.1) is 5.82 Å². The summed E-state index contributed by atoms with van der Waals surface area (Å²) < 4.78 is 14.1. The molecule has 0 spiro atoms. The zero-order valence-corrected chi connectivity index (χ0v) is 22.0. The summed E-state index contributed by atoms with van der Waals surface area (Å²) >= 11 is 7.77. The first-order valence-corrected chi connectivity index (χ1v) is 13.7. The Kier molecular flexibility index (Phi) is 11.3. The third-order valence-corrected chi connectivity index (χ3v) is 7.18. The molecule has 1 atom stereocenters. The maximum absolute atomic E-state index is 14.1. The number of halogens is 2. The van der Waals surface area contributed by atoms with Crippen LogP contribution in [0.4, 0.5) is 4.39 Å². The third-order valence-electron chi connectivity index (χ3n) is 5.84. The van der Waals surface area contributed by atoms with Gasteiger partial charge >= 0.3 is 0 Å². The number of carbonyl (C=O) groups excluding carboxylic acids is 2. The minimum absolute atomic E-state index is 0.117. The quantitative estimate of drug-likeness (QED) is 0.267. The number of rotatable bonds is 13. The summed E-state index contributed by atoms with van der Waals surface area (Å²) in [6.07, 6.45) is 2.20. The molecule has 0 bridgehead atoms. The van der Waals surface area contributed by atoms with Gasteiger partial charge in [-0.05, 0) is 35.2 Å². The smallest absolute Gasteiger partial charge is 0.243 e. The van der Waals surface area contributed by atoms with Gasteiger partial charge in [0.1, 0.15) is 11.9 Å². The van der Waals surface area contributed by atoms with E-state index < -0.39 is 6.04 Å². The maximum Gasteiger partial charge on any atom is 0.243 e. The summed E-state index contributed by atoms with van der Waals surface area (Å²) in [4.78, 5) is 28.6. The van der Waals surface area contributed by atoms with E-state index in [0.717, 1.165) is 24.0 Å². The molecule has 3 rings (SSSR count). The van der Waals surface area contributed by atoms with Gasteiger partial charge in [0, 0.05) is 30.3 Å². The van der Waals surface area contributed by atoms with Crippen molar-refractivity contribution in [3.8, 4) is 0 Å². The highest BCUT2D eigenvalue weighted by Crippen LogP contribution is 2.22. The van der Waals surface area contributed by atoms with Gasteiger partial charge in [0.2, 0.25) is 11.8 Å². The van der Waals surface area contributed by atoms with Gasteiger partial charge in [0.15, 0.2) is 0 Å². The van der Waals surface area contributed by atoms with Gasteiger partial charge in [-0.25, -0.2) is 4.39 Å². The van der Waals surface area contributed by atoms with Gasteiger partial charge in [-0.15, -0.1) is 11.8 Å². The number of nitrogens with one attached hydrogen (secondary N) is 1. The van der Waals surface area contributed by atoms with Crippen LogP contribution in [0.1, 0.15) is 36.5 Å². The molecule has 0 radical (unpaired) electrons. The van der Waals surface area contributed by atoms with E-state index in [-0.39, 0.29) is 29.9 Å². The lowest BCUT2D eigenvalue weighted by atomic mass is 10.0. The first-order chi connectivity index (χ1) is 17.5. The largest absolute Gasteiger partial charge is 0.354 e. The van der Waals surface area contributed by atoms with Crippen LogP contribution in [0.3, 0.4) is 0 Å². The van der Waals surface area contributed by atoms with Crippen LogP contribution in [0.15, 0.2) is 78.9 Å². The van der Waals surface area contributed by atoms with E-state index >= 15 is 0 Å². The Hall–Kier alpha value is -2.83. The molecule has 0 saturated heterocycles. The van der Waals surface area contributed by atoms with Gasteiger partial charge in [-0.1, -0.05) is 91.7 Å². The van der Waals surface area contributed by atoms with E-state index in [1.165, 1.54) is 17.8 Å². The zero-order chi connectivity index (χ0) is 25.8. The molecule has 0 aromatic heterocycles. The topological polar surface area (TPSA) is 49.4 Å². The fourth-order valence-electron chi connectivity index (χ4n) is 3.82. The third kappa shape index (κ3) is 8.38. The van der Waals surface area contributed by atoms with Crippen LogP contribution in [0.25, 0.3) is 0 Å². The van der Waals surface area contributed by atoms with Crippen molar-refractivity contribution in [2.45, 2.75) is 44.5 Å². The highest BCUT2D eigenvalue weighted by atomic mass is 35.5. The van der Waals surface area contributed by atoms with Crippen LogP contribution in [-0.2, 0) is 28.3 Å². The molecule has 1 unspecified atom stereocenters. The second kappa shape index (κ2) is 14.7. The molecule has 3 aromatic carbocycles. The molecule has 1 N–H and O–H groups in total. The molecule has 0 aliphatic heterocycles. The molecule has 7 heteroatoms. The Balaban J connectivity index is 1.85. The number of hydrogen-bond acceptors (Lipinski definition) is 3. The molecule has 0 fully saturated rings. The van der Waals surface area contributed by atoms with Crippen LogP contribution in [0.2, 0.25) is 5.02 Å². The van der Waals surface area contributed by atoms with Gasteiger partial charge < -0.3 is 10.2 Å². The molecular formula is C29H32ClFN2O2S. The molecule has 2 amide bonds. The molecule has 4 nitrogen and oxygen atoms in total. The molecule has 36 heavy (non-hydrogen) atoms. The zero-order valence-electron chi connectivity index (χ0n) is 20.5. The van der Waals surface area contributed by atoms with Crippen LogP contribution in [0.5, 0.6) is 0 Å². The maximum atomic E-state index is 14.1. The van der Waals surface area contributed by atoms with Crippen molar-refractivity contribution in [1.29, 1.82) is 0 Å². The van der Waals surface area contributed by atoms with Crippen molar-refractivity contribution in [1.82, 2.24) is 10.2 Å². The van der Waals surface area contributed by atoms with Crippen LogP contribution < -0.4 is 5.32 Å². The first-order valence-electron chi connectivity index (χ1n) is 12.1. The Bertz CT molecular complexity index is 1130. The van der Waals surface area contributed by atoms with E-state index in [2.05, 4.69) is 12.2 Å².